The van der Waals surface area contributed by atoms with Crippen molar-refractivity contribution in [3.63, 3.8) is 0 Å². The highest BCUT2D eigenvalue weighted by molar-refractivity contribution is 5.52. The van der Waals surface area contributed by atoms with Gasteiger partial charge < -0.3 is 15.2 Å². The van der Waals surface area contributed by atoms with Gasteiger partial charge in [-0.25, -0.2) is 0 Å². The molecule has 0 aliphatic heterocycles. The van der Waals surface area contributed by atoms with Crippen molar-refractivity contribution in [2.75, 3.05) is 19.5 Å². The highest BCUT2D eigenvalue weighted by Gasteiger charge is 2.03. The van der Waals surface area contributed by atoms with E-state index in [1.807, 2.05) is 6.92 Å². The summed E-state index contributed by atoms with van der Waals surface area (Å²) in [6.07, 6.45) is 0.831. The minimum Gasteiger partial charge on any atom is -0.493 e. The van der Waals surface area contributed by atoms with Crippen LogP contribution in [0.1, 0.15) is 13.3 Å². The summed E-state index contributed by atoms with van der Waals surface area (Å²) in [5.74, 6) is 7.11. The maximum absolute atomic E-state index is 5.64. The fourth-order valence-electron chi connectivity index (χ4n) is 1.10. The average molecular weight is 205 g/mol. The Morgan fingerprint density at radius 3 is 2.73 bits per heavy atom. The van der Waals surface area contributed by atoms with Crippen LogP contribution in [0.3, 0.4) is 0 Å². The summed E-state index contributed by atoms with van der Waals surface area (Å²) in [5.41, 5.74) is 6.29. The molecule has 0 saturated carbocycles. The van der Waals surface area contributed by atoms with Gasteiger partial charge in [0.2, 0.25) is 0 Å². The molecule has 0 bridgehead atoms. The molecule has 0 aliphatic rings. The van der Waals surface area contributed by atoms with E-state index in [-0.39, 0.29) is 0 Å². The maximum atomic E-state index is 5.64. The Hall–Kier alpha value is -1.82. The van der Waals surface area contributed by atoms with Crippen LogP contribution in [-0.2, 0) is 0 Å². The van der Waals surface area contributed by atoms with Crippen LogP contribution in [0.5, 0.6) is 11.5 Å². The van der Waals surface area contributed by atoms with Crippen molar-refractivity contribution >= 4 is 5.69 Å². The molecule has 1 rings (SSSR count). The molecule has 0 unspecified atom stereocenters. The topological polar surface area (TPSA) is 44.5 Å². The predicted octanol–water partition coefficient (Wildman–Crippen LogP) is 2.07. The summed E-state index contributed by atoms with van der Waals surface area (Å²) in [5, 5.41) is 0. The molecule has 3 nitrogen and oxygen atoms in total. The molecular weight excluding hydrogens is 190 g/mol. The number of rotatable bonds is 3. The van der Waals surface area contributed by atoms with Gasteiger partial charge in [0.05, 0.1) is 7.11 Å². The highest BCUT2D eigenvalue weighted by Crippen LogP contribution is 2.28. The third-order valence-corrected chi connectivity index (χ3v) is 1.79. The van der Waals surface area contributed by atoms with E-state index < -0.39 is 0 Å². The van der Waals surface area contributed by atoms with E-state index in [4.69, 9.17) is 15.2 Å². The maximum Gasteiger partial charge on any atom is 0.164 e. The van der Waals surface area contributed by atoms with Crippen LogP contribution < -0.4 is 15.2 Å². The first-order valence-electron chi connectivity index (χ1n) is 4.80. The largest absolute Gasteiger partial charge is 0.493 e. The number of methoxy groups -OCH3 is 1. The van der Waals surface area contributed by atoms with Crippen molar-refractivity contribution in [1.29, 1.82) is 0 Å². The van der Waals surface area contributed by atoms with Crippen LogP contribution in [0.25, 0.3) is 0 Å². The van der Waals surface area contributed by atoms with Crippen molar-refractivity contribution < 1.29 is 9.47 Å². The van der Waals surface area contributed by atoms with Crippen molar-refractivity contribution in [2.24, 2.45) is 0 Å². The molecule has 2 N–H and O–H groups in total. The van der Waals surface area contributed by atoms with Gasteiger partial charge >= 0.3 is 0 Å². The Morgan fingerprint density at radius 2 is 2.07 bits per heavy atom. The van der Waals surface area contributed by atoms with Crippen LogP contribution >= 0.6 is 0 Å². The summed E-state index contributed by atoms with van der Waals surface area (Å²) in [6.45, 7) is 2.35. The lowest BCUT2D eigenvalue weighted by atomic mass is 10.3. The third kappa shape index (κ3) is 3.43. The fourth-order valence-corrected chi connectivity index (χ4v) is 1.10. The molecule has 0 fully saturated rings. The van der Waals surface area contributed by atoms with E-state index in [1.165, 1.54) is 0 Å². The van der Waals surface area contributed by atoms with E-state index in [0.29, 0.717) is 23.8 Å². The first kappa shape index (κ1) is 11.3. The van der Waals surface area contributed by atoms with Gasteiger partial charge in [0.15, 0.2) is 11.5 Å². The molecule has 0 aromatic heterocycles. The van der Waals surface area contributed by atoms with Gasteiger partial charge in [-0.05, 0) is 12.1 Å². The van der Waals surface area contributed by atoms with Crippen LogP contribution in [0.4, 0.5) is 5.69 Å². The zero-order chi connectivity index (χ0) is 11.1. The van der Waals surface area contributed by atoms with Crippen LogP contribution in [0.2, 0.25) is 0 Å². The molecule has 15 heavy (non-hydrogen) atoms. The van der Waals surface area contributed by atoms with Gasteiger partial charge in [0, 0.05) is 18.2 Å². The Labute approximate surface area is 90.2 Å². The van der Waals surface area contributed by atoms with Crippen LogP contribution in [0, 0.1) is 11.8 Å². The molecule has 0 heterocycles. The predicted molar refractivity (Wildman–Crippen MR) is 61.0 cm³/mol. The van der Waals surface area contributed by atoms with E-state index in [0.717, 1.165) is 6.42 Å². The zero-order valence-electron chi connectivity index (χ0n) is 9.04. The van der Waals surface area contributed by atoms with Gasteiger partial charge in [-0.3, -0.25) is 0 Å². The smallest absolute Gasteiger partial charge is 0.164 e. The molecule has 80 valence electrons. The number of anilines is 1. The third-order valence-electron chi connectivity index (χ3n) is 1.79. The molecule has 3 heteroatoms. The second-order valence-corrected chi connectivity index (χ2v) is 2.91. The number of benzene rings is 1. The standard InChI is InChI=1S/C12H15NO2/c1-3-4-5-8-15-12-9-10(13)6-7-11(12)14-2/h6-7,9H,3,8,13H2,1-2H3. The molecular formula is C12H15NO2. The molecule has 0 spiro atoms. The number of nitrogens with two attached hydrogens (primary N) is 1. The molecule has 1 aromatic rings. The van der Waals surface area contributed by atoms with E-state index >= 15 is 0 Å². The van der Waals surface area contributed by atoms with Gasteiger partial charge in [-0.2, -0.15) is 0 Å². The lowest BCUT2D eigenvalue weighted by molar-refractivity contribution is 0.331. The van der Waals surface area contributed by atoms with Crippen molar-refractivity contribution in [1.82, 2.24) is 0 Å². The van der Waals surface area contributed by atoms with Gasteiger partial charge in [0.25, 0.3) is 0 Å². The Morgan fingerprint density at radius 1 is 1.27 bits per heavy atom. The number of hydrogen-bond donors (Lipinski definition) is 1. The second kappa shape index (κ2) is 5.82. The summed E-state index contributed by atoms with van der Waals surface area (Å²) in [7, 11) is 1.59. The van der Waals surface area contributed by atoms with Gasteiger partial charge in [-0.15, -0.1) is 5.92 Å². The number of ether oxygens (including phenoxy) is 2. The lowest BCUT2D eigenvalue weighted by Crippen LogP contribution is -1.98. The monoisotopic (exact) mass is 205 g/mol. The minimum atomic E-state index is 0.355. The van der Waals surface area contributed by atoms with Gasteiger partial charge in [0.1, 0.15) is 6.61 Å². The molecule has 0 radical (unpaired) electrons. The lowest BCUT2D eigenvalue weighted by Gasteiger charge is -2.08. The van der Waals surface area contributed by atoms with Crippen molar-refractivity contribution in [3.05, 3.63) is 18.2 Å². The van der Waals surface area contributed by atoms with Crippen LogP contribution in [0.15, 0.2) is 18.2 Å². The Kier molecular flexibility index (Phi) is 4.36. The summed E-state index contributed by atoms with van der Waals surface area (Å²) in [4.78, 5) is 0. The quantitative estimate of drug-likeness (QED) is 0.607. The molecule has 0 saturated heterocycles. The molecule has 1 aromatic carbocycles. The van der Waals surface area contributed by atoms with E-state index in [2.05, 4.69) is 11.8 Å². The summed E-state index contributed by atoms with van der Waals surface area (Å²) >= 11 is 0. The van der Waals surface area contributed by atoms with Crippen molar-refractivity contribution in [3.8, 4) is 23.3 Å². The Balaban J connectivity index is 2.69. The first-order valence-corrected chi connectivity index (χ1v) is 4.80. The highest BCUT2D eigenvalue weighted by atomic mass is 16.5. The summed E-state index contributed by atoms with van der Waals surface area (Å²) < 4.78 is 10.6. The fraction of sp³-hybridized carbons (Fsp3) is 0.333. The summed E-state index contributed by atoms with van der Waals surface area (Å²) in [6, 6.07) is 5.27. The normalized spacial score (nSPS) is 8.93. The zero-order valence-corrected chi connectivity index (χ0v) is 9.04. The van der Waals surface area contributed by atoms with Crippen molar-refractivity contribution in [2.45, 2.75) is 13.3 Å². The average Bonchev–Trinajstić information content (AvgIpc) is 2.25. The molecule has 0 atom stereocenters. The molecule has 0 amide bonds. The number of nitrogen functional groups attached to an aromatic ring is 1. The van der Waals surface area contributed by atoms with Gasteiger partial charge in [-0.1, -0.05) is 12.8 Å². The van der Waals surface area contributed by atoms with Crippen LogP contribution in [-0.4, -0.2) is 13.7 Å². The second-order valence-electron chi connectivity index (χ2n) is 2.91. The van der Waals surface area contributed by atoms with E-state index in [1.54, 1.807) is 25.3 Å². The Bertz CT molecular complexity index is 377. The minimum absolute atomic E-state index is 0.355. The molecule has 0 aliphatic carbocycles. The first-order chi connectivity index (χ1) is 7.27. The van der Waals surface area contributed by atoms with E-state index in [9.17, 15) is 0 Å². The SMILES string of the molecule is CCC#CCOc1cc(N)ccc1OC. The number of hydrogen-bond acceptors (Lipinski definition) is 3.